The lowest BCUT2D eigenvalue weighted by Gasteiger charge is -2.20. The maximum Gasteiger partial charge on any atom is 0.283 e. The molecule has 0 atom stereocenters. The van der Waals surface area contributed by atoms with E-state index >= 15 is 0 Å². The number of hydrogen-bond acceptors (Lipinski definition) is 6. The third-order valence-corrected chi connectivity index (χ3v) is 7.26. The summed E-state index contributed by atoms with van der Waals surface area (Å²) in [6.45, 7) is 2.85. The second-order valence-electron chi connectivity index (χ2n) is 8.73. The molecular formula is C28H23N3O4S. The lowest BCUT2D eigenvalue weighted by molar-refractivity contribution is -0.116. The van der Waals surface area contributed by atoms with Crippen LogP contribution in [0.5, 0.6) is 11.5 Å². The highest BCUT2D eigenvalue weighted by atomic mass is 32.2. The zero-order chi connectivity index (χ0) is 24.6. The SMILES string of the molecule is Cc1ccc(N2C(=O)/C(=C/c3ccc4c(c3)OCO4)N=C2SCC(=O)N2CCc3ccccc32)cc1. The number of amidine groups is 1. The molecule has 2 amide bonds. The number of para-hydroxylation sites is 1. The Bertz CT molecular complexity index is 1430. The first kappa shape index (κ1) is 22.4. The van der Waals surface area contributed by atoms with Crippen molar-refractivity contribution in [2.24, 2.45) is 4.99 Å². The zero-order valence-corrected chi connectivity index (χ0v) is 20.5. The number of aliphatic imine (C=N–C) groups is 1. The number of benzene rings is 3. The van der Waals surface area contributed by atoms with E-state index in [9.17, 15) is 9.59 Å². The minimum Gasteiger partial charge on any atom is -0.454 e. The van der Waals surface area contributed by atoms with Crippen LogP contribution in [-0.2, 0) is 16.0 Å². The summed E-state index contributed by atoms with van der Waals surface area (Å²) in [5.41, 5.74) is 5.04. The number of nitrogens with zero attached hydrogens (tertiary/aromatic N) is 3. The van der Waals surface area contributed by atoms with Crippen LogP contribution in [0.2, 0.25) is 0 Å². The second-order valence-corrected chi connectivity index (χ2v) is 9.67. The van der Waals surface area contributed by atoms with Gasteiger partial charge in [-0.3, -0.25) is 14.5 Å². The Morgan fingerprint density at radius 1 is 1.06 bits per heavy atom. The van der Waals surface area contributed by atoms with Crippen molar-refractivity contribution < 1.29 is 19.1 Å². The van der Waals surface area contributed by atoms with Crippen LogP contribution in [0.15, 0.2) is 77.4 Å². The monoisotopic (exact) mass is 497 g/mol. The average Bonchev–Trinajstić information content (AvgIpc) is 3.61. The number of hydrogen-bond donors (Lipinski definition) is 0. The number of carbonyl (C=O) groups is 2. The van der Waals surface area contributed by atoms with E-state index in [0.29, 0.717) is 34.6 Å². The summed E-state index contributed by atoms with van der Waals surface area (Å²) in [4.78, 5) is 34.7. The molecule has 7 nitrogen and oxygen atoms in total. The molecular weight excluding hydrogens is 474 g/mol. The molecule has 36 heavy (non-hydrogen) atoms. The molecule has 8 heteroatoms. The fourth-order valence-corrected chi connectivity index (χ4v) is 5.37. The predicted octanol–water partition coefficient (Wildman–Crippen LogP) is 4.79. The van der Waals surface area contributed by atoms with Crippen molar-refractivity contribution in [1.82, 2.24) is 0 Å². The van der Waals surface area contributed by atoms with Crippen LogP contribution in [0.4, 0.5) is 11.4 Å². The molecule has 0 N–H and O–H groups in total. The van der Waals surface area contributed by atoms with Gasteiger partial charge in [-0.15, -0.1) is 0 Å². The molecule has 3 aliphatic heterocycles. The number of anilines is 2. The molecule has 0 spiro atoms. The standard InChI is InChI=1S/C28H23N3O4S/c1-18-6-9-21(10-7-18)31-27(33)22(14-19-8-11-24-25(15-19)35-17-34-24)29-28(31)36-16-26(32)30-13-12-20-4-2-3-5-23(20)30/h2-11,14-15H,12-13,16-17H2,1H3/b22-14-. The predicted molar refractivity (Wildman–Crippen MR) is 142 cm³/mol. The first-order chi connectivity index (χ1) is 17.6. The second kappa shape index (κ2) is 9.20. The lowest BCUT2D eigenvalue weighted by atomic mass is 10.1. The smallest absolute Gasteiger partial charge is 0.283 e. The lowest BCUT2D eigenvalue weighted by Crippen LogP contribution is -2.34. The Morgan fingerprint density at radius 3 is 2.72 bits per heavy atom. The van der Waals surface area contributed by atoms with Crippen molar-refractivity contribution in [1.29, 1.82) is 0 Å². The van der Waals surface area contributed by atoms with Gasteiger partial charge in [0.25, 0.3) is 5.91 Å². The molecule has 180 valence electrons. The highest BCUT2D eigenvalue weighted by Gasteiger charge is 2.33. The molecule has 3 heterocycles. The minimum absolute atomic E-state index is 0.00263. The Labute approximate surface area is 213 Å². The van der Waals surface area contributed by atoms with Gasteiger partial charge in [0.1, 0.15) is 5.70 Å². The van der Waals surface area contributed by atoms with Gasteiger partial charge < -0.3 is 14.4 Å². The van der Waals surface area contributed by atoms with Crippen LogP contribution in [0, 0.1) is 6.92 Å². The Morgan fingerprint density at radius 2 is 1.86 bits per heavy atom. The number of amides is 2. The summed E-state index contributed by atoms with van der Waals surface area (Å²) >= 11 is 1.28. The summed E-state index contributed by atoms with van der Waals surface area (Å²) in [6.07, 6.45) is 2.58. The van der Waals surface area contributed by atoms with Crippen molar-refractivity contribution >= 4 is 46.2 Å². The normalized spacial score (nSPS) is 17.1. The first-order valence-electron chi connectivity index (χ1n) is 11.7. The zero-order valence-electron chi connectivity index (χ0n) is 19.6. The van der Waals surface area contributed by atoms with Crippen LogP contribution in [-0.4, -0.2) is 36.1 Å². The maximum absolute atomic E-state index is 13.5. The molecule has 0 fully saturated rings. The van der Waals surface area contributed by atoms with Crippen molar-refractivity contribution in [2.75, 3.05) is 28.9 Å². The largest absolute Gasteiger partial charge is 0.454 e. The minimum atomic E-state index is -0.238. The van der Waals surface area contributed by atoms with E-state index in [0.717, 1.165) is 23.2 Å². The summed E-state index contributed by atoms with van der Waals surface area (Å²) < 4.78 is 10.8. The summed E-state index contributed by atoms with van der Waals surface area (Å²) in [5.74, 6) is 1.26. The first-order valence-corrected chi connectivity index (χ1v) is 12.7. The molecule has 0 unspecified atom stereocenters. The number of ether oxygens (including phenoxy) is 2. The Balaban J connectivity index is 1.27. The highest BCUT2D eigenvalue weighted by molar-refractivity contribution is 8.14. The van der Waals surface area contributed by atoms with Crippen molar-refractivity contribution in [2.45, 2.75) is 13.3 Å². The number of fused-ring (bicyclic) bond motifs is 2. The van der Waals surface area contributed by atoms with Crippen LogP contribution >= 0.6 is 11.8 Å². The Kier molecular flexibility index (Phi) is 5.73. The average molecular weight is 498 g/mol. The van der Waals surface area contributed by atoms with Gasteiger partial charge in [0, 0.05) is 12.2 Å². The van der Waals surface area contributed by atoms with E-state index in [-0.39, 0.29) is 24.4 Å². The van der Waals surface area contributed by atoms with E-state index in [1.807, 2.05) is 72.5 Å². The molecule has 0 saturated heterocycles. The third kappa shape index (κ3) is 4.13. The number of rotatable bonds is 4. The molecule has 0 bridgehead atoms. The quantitative estimate of drug-likeness (QED) is 0.485. The topological polar surface area (TPSA) is 71.4 Å². The maximum atomic E-state index is 13.5. The van der Waals surface area contributed by atoms with E-state index in [1.54, 1.807) is 11.0 Å². The van der Waals surface area contributed by atoms with E-state index in [1.165, 1.54) is 17.3 Å². The van der Waals surface area contributed by atoms with Gasteiger partial charge in [0.15, 0.2) is 16.7 Å². The molecule has 6 rings (SSSR count). The molecule has 0 radical (unpaired) electrons. The number of aryl methyl sites for hydroxylation is 1. The summed E-state index contributed by atoms with van der Waals surface area (Å²) in [7, 11) is 0. The van der Waals surface area contributed by atoms with E-state index in [4.69, 9.17) is 9.47 Å². The molecule has 3 aromatic carbocycles. The van der Waals surface area contributed by atoms with E-state index < -0.39 is 0 Å². The summed E-state index contributed by atoms with van der Waals surface area (Å²) in [6, 6.07) is 21.2. The fourth-order valence-electron chi connectivity index (χ4n) is 4.48. The van der Waals surface area contributed by atoms with Crippen molar-refractivity contribution in [3.63, 3.8) is 0 Å². The summed E-state index contributed by atoms with van der Waals surface area (Å²) in [5, 5.41) is 0.483. The molecule has 0 saturated carbocycles. The Hall–Kier alpha value is -4.04. The highest BCUT2D eigenvalue weighted by Crippen LogP contribution is 2.35. The van der Waals surface area contributed by atoms with Crippen molar-refractivity contribution in [3.8, 4) is 11.5 Å². The third-order valence-electron chi connectivity index (χ3n) is 6.33. The molecule has 0 aliphatic carbocycles. The van der Waals surface area contributed by atoms with Crippen LogP contribution in [0.1, 0.15) is 16.7 Å². The van der Waals surface area contributed by atoms with Gasteiger partial charge in [-0.1, -0.05) is 53.7 Å². The van der Waals surface area contributed by atoms with E-state index in [2.05, 4.69) is 11.1 Å². The molecule has 0 aromatic heterocycles. The van der Waals surface area contributed by atoms with Gasteiger partial charge in [0.05, 0.1) is 11.4 Å². The van der Waals surface area contributed by atoms with Crippen LogP contribution in [0.25, 0.3) is 6.08 Å². The number of carbonyl (C=O) groups excluding carboxylic acids is 2. The fraction of sp³-hybridized carbons (Fsp3) is 0.179. The van der Waals surface area contributed by atoms with Crippen molar-refractivity contribution in [3.05, 3.63) is 89.1 Å². The number of thioether (sulfide) groups is 1. The van der Waals surface area contributed by atoms with Gasteiger partial charge in [0.2, 0.25) is 12.7 Å². The van der Waals surface area contributed by atoms with Gasteiger partial charge in [-0.25, -0.2) is 4.99 Å². The van der Waals surface area contributed by atoms with Crippen LogP contribution in [0.3, 0.4) is 0 Å². The molecule has 3 aromatic rings. The van der Waals surface area contributed by atoms with Crippen LogP contribution < -0.4 is 19.3 Å². The van der Waals surface area contributed by atoms with Gasteiger partial charge >= 0.3 is 0 Å². The van der Waals surface area contributed by atoms with Gasteiger partial charge in [-0.05, 0) is 60.9 Å². The molecule has 3 aliphatic rings. The van der Waals surface area contributed by atoms with Gasteiger partial charge in [-0.2, -0.15) is 0 Å².